The van der Waals surface area contributed by atoms with Crippen molar-refractivity contribution in [3.8, 4) is 0 Å². The summed E-state index contributed by atoms with van der Waals surface area (Å²) >= 11 is 0. The molecule has 1 saturated carbocycles. The van der Waals surface area contributed by atoms with Crippen molar-refractivity contribution < 1.29 is 4.79 Å². The third-order valence-corrected chi connectivity index (χ3v) is 6.57. The lowest BCUT2D eigenvalue weighted by atomic mass is 9.86. The first-order chi connectivity index (χ1) is 15.3. The second-order valence-corrected chi connectivity index (χ2v) is 8.96. The molecule has 0 unspecified atom stereocenters. The van der Waals surface area contributed by atoms with E-state index in [-0.39, 0.29) is 20.8 Å². The minimum atomic E-state index is 0. The number of fused-ring (bicyclic) bond motifs is 1. The molecule has 4 rings (SSSR count). The summed E-state index contributed by atoms with van der Waals surface area (Å²) < 4.78 is 0. The summed E-state index contributed by atoms with van der Waals surface area (Å²) in [6.07, 6.45) is 15.3. The van der Waals surface area contributed by atoms with Crippen molar-refractivity contribution in [2.45, 2.75) is 91.4 Å². The van der Waals surface area contributed by atoms with Crippen molar-refractivity contribution in [2.75, 3.05) is 5.32 Å². The molecule has 178 valence electrons. The highest BCUT2D eigenvalue weighted by Crippen LogP contribution is 2.30. The van der Waals surface area contributed by atoms with Crippen LogP contribution >= 0.6 is 0 Å². The smallest absolute Gasteiger partial charge is 0.224 e. The molecule has 2 aromatic carbocycles. The minimum Gasteiger partial charge on any atom is -0.325 e. The quantitative estimate of drug-likeness (QED) is 0.426. The summed E-state index contributed by atoms with van der Waals surface area (Å²) in [6, 6.07) is 19.0. The highest BCUT2D eigenvalue weighted by molar-refractivity contribution is 5.93. The number of nitrogens with one attached hydrogen (secondary N) is 1. The molecule has 0 saturated heterocycles. The summed E-state index contributed by atoms with van der Waals surface area (Å²) in [5, 5.41) is 4.03. The van der Waals surface area contributed by atoms with Crippen LogP contribution in [0.5, 0.6) is 0 Å². The van der Waals surface area contributed by atoms with Gasteiger partial charge >= 0.3 is 0 Å². The molecule has 1 heterocycles. The number of aromatic nitrogens is 1. The van der Waals surface area contributed by atoms with Gasteiger partial charge in [0.05, 0.1) is 17.4 Å². The monoisotopic (exact) mass is 446 g/mol. The maximum Gasteiger partial charge on any atom is 0.224 e. The van der Waals surface area contributed by atoms with Gasteiger partial charge in [-0.25, -0.2) is 0 Å². The number of rotatable bonds is 5. The van der Waals surface area contributed by atoms with Crippen LogP contribution in [0.3, 0.4) is 0 Å². The fourth-order valence-corrected chi connectivity index (χ4v) is 4.72. The predicted octanol–water partition coefficient (Wildman–Crippen LogP) is 8.69. The van der Waals surface area contributed by atoms with E-state index in [1.807, 2.05) is 30.3 Å². The van der Waals surface area contributed by atoms with E-state index in [0.717, 1.165) is 23.0 Å². The van der Waals surface area contributed by atoms with Crippen LogP contribution in [0.2, 0.25) is 0 Å². The number of aryl methyl sites for hydroxylation is 1. The molecule has 1 aliphatic carbocycles. The van der Waals surface area contributed by atoms with Crippen LogP contribution in [0.25, 0.3) is 10.9 Å². The van der Waals surface area contributed by atoms with Crippen molar-refractivity contribution in [3.05, 3.63) is 71.9 Å². The van der Waals surface area contributed by atoms with Crippen molar-refractivity contribution in [2.24, 2.45) is 0 Å². The Bertz CT molecular complexity index is 970. The molecule has 1 amide bonds. The van der Waals surface area contributed by atoms with Gasteiger partial charge in [0.1, 0.15) is 0 Å². The molecule has 1 aromatic heterocycles. The number of nitrogens with zero attached hydrogens (tertiary/aromatic N) is 1. The van der Waals surface area contributed by atoms with Gasteiger partial charge in [0.25, 0.3) is 0 Å². The topological polar surface area (TPSA) is 42.0 Å². The van der Waals surface area contributed by atoms with E-state index < -0.39 is 0 Å². The minimum absolute atomic E-state index is 0. The number of amides is 1. The number of pyridine rings is 1. The molecule has 0 atom stereocenters. The van der Waals surface area contributed by atoms with Crippen LogP contribution in [-0.4, -0.2) is 10.9 Å². The molecular weight excluding hydrogens is 404 g/mol. The number of anilines is 1. The highest BCUT2D eigenvalue weighted by atomic mass is 16.1. The maximum atomic E-state index is 12.4. The molecular formula is C30H42N2O. The zero-order valence-corrected chi connectivity index (χ0v) is 18.5. The normalized spacial score (nSPS) is 15.2. The van der Waals surface area contributed by atoms with Crippen molar-refractivity contribution >= 4 is 22.5 Å². The highest BCUT2D eigenvalue weighted by Gasteiger charge is 2.13. The molecule has 3 nitrogen and oxygen atoms in total. The lowest BCUT2D eigenvalue weighted by Gasteiger charge is -2.19. The van der Waals surface area contributed by atoms with Crippen LogP contribution in [-0.2, 0) is 11.2 Å². The molecule has 1 aliphatic rings. The van der Waals surface area contributed by atoms with Crippen molar-refractivity contribution in [1.29, 1.82) is 0 Å². The van der Waals surface area contributed by atoms with E-state index in [1.165, 1.54) is 68.9 Å². The molecule has 0 aliphatic heterocycles. The number of benzene rings is 2. The predicted molar refractivity (Wildman–Crippen MR) is 143 cm³/mol. The van der Waals surface area contributed by atoms with Crippen molar-refractivity contribution in [3.63, 3.8) is 0 Å². The Hall–Kier alpha value is -2.68. The molecule has 0 bridgehead atoms. The number of hydrogen-bond donors (Lipinski definition) is 1. The molecule has 0 spiro atoms. The second kappa shape index (κ2) is 13.8. The van der Waals surface area contributed by atoms with Gasteiger partial charge in [-0.3, -0.25) is 9.78 Å². The molecule has 33 heavy (non-hydrogen) atoms. The van der Waals surface area contributed by atoms with Crippen LogP contribution in [0.4, 0.5) is 5.69 Å². The summed E-state index contributed by atoms with van der Waals surface area (Å²) in [5.74, 6) is 0.740. The Labute approximate surface area is 201 Å². The molecule has 3 heteroatoms. The first-order valence-corrected chi connectivity index (χ1v) is 12.0. The Kier molecular flexibility index (Phi) is 11.1. The fourth-order valence-electron chi connectivity index (χ4n) is 4.72. The third-order valence-electron chi connectivity index (χ3n) is 6.57. The average molecular weight is 447 g/mol. The van der Waals surface area contributed by atoms with Crippen molar-refractivity contribution in [1.82, 2.24) is 4.98 Å². The van der Waals surface area contributed by atoms with Gasteiger partial charge < -0.3 is 5.32 Å². The number of para-hydroxylation sites is 1. The van der Waals surface area contributed by atoms with E-state index in [0.29, 0.717) is 12.3 Å². The lowest BCUT2D eigenvalue weighted by Crippen LogP contribution is -2.12. The van der Waals surface area contributed by atoms with E-state index >= 15 is 0 Å². The number of carbonyl (C=O) groups excluding carboxylic acids is 1. The third kappa shape index (κ3) is 7.99. The Morgan fingerprint density at radius 1 is 0.848 bits per heavy atom. The van der Waals surface area contributed by atoms with E-state index in [1.54, 1.807) is 6.20 Å². The van der Waals surface area contributed by atoms with Gasteiger partial charge in [-0.2, -0.15) is 0 Å². The molecule has 3 aromatic rings. The zero-order valence-electron chi connectivity index (χ0n) is 18.5. The molecule has 1 N–H and O–H groups in total. The maximum absolute atomic E-state index is 12.4. The van der Waals surface area contributed by atoms with Crippen LogP contribution in [0.15, 0.2) is 60.8 Å². The van der Waals surface area contributed by atoms with E-state index in [2.05, 4.69) is 34.6 Å². The number of hydrogen-bond acceptors (Lipinski definition) is 2. The lowest BCUT2D eigenvalue weighted by molar-refractivity contribution is -0.116. The standard InChI is InChI=1S/C28H34N2O.2CH4/c31-28(30-26-20-25-12-8-9-13-27(25)29-21-26)19-16-22-14-17-24(18-15-22)23-10-6-4-2-1-3-5-7-11-23;;/h8-9,12-15,17-18,20-21,23H,1-7,10-11,16,19H2,(H,30,31);2*1H4. The van der Waals surface area contributed by atoms with E-state index in [4.69, 9.17) is 0 Å². The summed E-state index contributed by atoms with van der Waals surface area (Å²) in [6.45, 7) is 0. The fraction of sp³-hybridized carbons (Fsp3) is 0.467. The first kappa shape index (κ1) is 26.6. The second-order valence-electron chi connectivity index (χ2n) is 8.96. The van der Waals surface area contributed by atoms with Gasteiger partial charge in [-0.05, 0) is 48.4 Å². The SMILES string of the molecule is C.C.O=C(CCc1ccc(C2CCCCCCCCC2)cc1)Nc1cnc2ccccc2c1. The Morgan fingerprint density at radius 2 is 1.48 bits per heavy atom. The molecule has 0 radical (unpaired) electrons. The van der Waals surface area contributed by atoms with Gasteiger partial charge in [-0.15, -0.1) is 0 Å². The molecule has 1 fully saturated rings. The summed E-state index contributed by atoms with van der Waals surface area (Å²) in [4.78, 5) is 16.8. The van der Waals surface area contributed by atoms with Gasteiger partial charge in [0.15, 0.2) is 0 Å². The van der Waals surface area contributed by atoms with Crippen LogP contribution < -0.4 is 5.32 Å². The van der Waals surface area contributed by atoms with Gasteiger partial charge in [0, 0.05) is 11.8 Å². The van der Waals surface area contributed by atoms with Crippen LogP contribution in [0.1, 0.15) is 96.1 Å². The zero-order chi connectivity index (χ0) is 21.3. The summed E-state index contributed by atoms with van der Waals surface area (Å²) in [7, 11) is 0. The Morgan fingerprint density at radius 3 is 2.18 bits per heavy atom. The van der Waals surface area contributed by atoms with E-state index in [9.17, 15) is 4.79 Å². The average Bonchev–Trinajstić information content (AvgIpc) is 2.81. The summed E-state index contributed by atoms with van der Waals surface area (Å²) in [5.41, 5.74) is 4.41. The van der Waals surface area contributed by atoms with Gasteiger partial charge in [0.2, 0.25) is 5.91 Å². The number of carbonyl (C=O) groups is 1. The largest absolute Gasteiger partial charge is 0.325 e. The Balaban J connectivity index is 0.00000193. The van der Waals surface area contributed by atoms with Crippen LogP contribution in [0, 0.1) is 0 Å². The van der Waals surface area contributed by atoms with Gasteiger partial charge in [-0.1, -0.05) is 102 Å². The first-order valence-electron chi connectivity index (χ1n) is 12.0.